The Hall–Kier alpha value is -2.09. The van der Waals surface area contributed by atoms with Gasteiger partial charge in [-0.3, -0.25) is 14.5 Å². The number of carbonyl (C=O) groups excluding carboxylic acids is 2. The molecule has 3 rings (SSSR count). The number of benzene rings is 2. The molecule has 2 aromatic carbocycles. The van der Waals surface area contributed by atoms with Gasteiger partial charge in [0.2, 0.25) is 5.91 Å². The molecule has 31 heavy (non-hydrogen) atoms. The highest BCUT2D eigenvalue weighted by Crippen LogP contribution is 2.25. The average Bonchev–Trinajstić information content (AvgIpc) is 2.76. The number of methoxy groups -OCH3 is 1. The van der Waals surface area contributed by atoms with Crippen LogP contribution in [0.25, 0.3) is 0 Å². The van der Waals surface area contributed by atoms with Gasteiger partial charge in [-0.1, -0.05) is 17.7 Å². The Balaban J connectivity index is 1.47. The molecule has 0 N–H and O–H groups in total. The van der Waals surface area contributed by atoms with Crippen LogP contribution in [0.5, 0.6) is 5.75 Å². The minimum absolute atomic E-state index is 0.000443. The molecule has 1 saturated heterocycles. The number of ether oxygens (including phenoxy) is 1. The van der Waals surface area contributed by atoms with Gasteiger partial charge in [0.05, 0.1) is 12.9 Å². The van der Waals surface area contributed by atoms with Crippen molar-refractivity contribution in [3.63, 3.8) is 0 Å². The molecule has 166 valence electrons. The van der Waals surface area contributed by atoms with Crippen LogP contribution in [0.3, 0.4) is 0 Å². The van der Waals surface area contributed by atoms with E-state index in [0.29, 0.717) is 66.1 Å². The fourth-order valence-corrected chi connectivity index (χ4v) is 4.64. The lowest BCUT2D eigenvalue weighted by Gasteiger charge is -2.35. The van der Waals surface area contributed by atoms with Crippen molar-refractivity contribution >= 4 is 35.1 Å². The smallest absolute Gasteiger partial charge is 0.232 e. The summed E-state index contributed by atoms with van der Waals surface area (Å²) < 4.78 is 19.4. The molecule has 8 heteroatoms. The maximum atomic E-state index is 14.0. The first-order valence-corrected chi connectivity index (χ1v) is 11.6. The van der Waals surface area contributed by atoms with Crippen LogP contribution < -0.4 is 4.74 Å². The van der Waals surface area contributed by atoms with Crippen molar-refractivity contribution < 1.29 is 18.7 Å². The number of amides is 1. The molecule has 0 unspecified atom stereocenters. The Bertz CT molecular complexity index is 928. The Kier molecular flexibility index (Phi) is 8.35. The van der Waals surface area contributed by atoms with Gasteiger partial charge in [0.15, 0.2) is 5.78 Å². The summed E-state index contributed by atoms with van der Waals surface area (Å²) in [6, 6.07) is 10.1. The van der Waals surface area contributed by atoms with Gasteiger partial charge in [-0.15, -0.1) is 11.8 Å². The van der Waals surface area contributed by atoms with Gasteiger partial charge in [0.1, 0.15) is 11.6 Å². The lowest BCUT2D eigenvalue weighted by atomic mass is 10.1. The molecule has 5 nitrogen and oxygen atoms in total. The number of rotatable bonds is 8. The van der Waals surface area contributed by atoms with E-state index in [1.807, 2.05) is 11.0 Å². The van der Waals surface area contributed by atoms with Crippen molar-refractivity contribution in [2.75, 3.05) is 39.0 Å². The molecule has 1 aliphatic heterocycles. The summed E-state index contributed by atoms with van der Waals surface area (Å²) in [7, 11) is 1.59. The molecule has 2 aromatic rings. The second kappa shape index (κ2) is 11.0. The van der Waals surface area contributed by atoms with Crippen LogP contribution in [0.1, 0.15) is 28.4 Å². The quantitative estimate of drug-likeness (QED) is 0.546. The number of carbonyl (C=O) groups is 2. The Morgan fingerprint density at radius 3 is 2.55 bits per heavy atom. The molecule has 0 radical (unpaired) electrons. The first-order valence-electron chi connectivity index (χ1n) is 10.1. The summed E-state index contributed by atoms with van der Waals surface area (Å²) in [6.45, 7) is 4.53. The molecule has 0 aliphatic carbocycles. The third-order valence-corrected chi connectivity index (χ3v) is 6.66. The lowest BCUT2D eigenvalue weighted by Crippen LogP contribution is -2.48. The second-order valence-corrected chi connectivity index (χ2v) is 8.83. The molecule has 1 amide bonds. The predicted molar refractivity (Wildman–Crippen MR) is 122 cm³/mol. The van der Waals surface area contributed by atoms with Gasteiger partial charge in [-0.05, 0) is 37.3 Å². The van der Waals surface area contributed by atoms with E-state index < -0.39 is 0 Å². The molecule has 0 bridgehead atoms. The highest BCUT2D eigenvalue weighted by Gasteiger charge is 2.22. The number of piperazine rings is 1. The van der Waals surface area contributed by atoms with Gasteiger partial charge >= 0.3 is 0 Å². The first-order chi connectivity index (χ1) is 14.9. The van der Waals surface area contributed by atoms with E-state index in [9.17, 15) is 14.0 Å². The van der Waals surface area contributed by atoms with Crippen LogP contribution in [0.4, 0.5) is 4.39 Å². The fraction of sp³-hybridized carbons (Fsp3) is 0.391. The number of halogens is 2. The number of Topliss-reactive ketones (excluding diaryl/α,β-unsaturated/α-hetero) is 1. The summed E-state index contributed by atoms with van der Waals surface area (Å²) in [5.74, 6) is 1.43. The van der Waals surface area contributed by atoms with E-state index >= 15 is 0 Å². The third-order valence-electron chi connectivity index (χ3n) is 5.34. The molecule has 0 aromatic heterocycles. The van der Waals surface area contributed by atoms with Crippen LogP contribution in [0.2, 0.25) is 5.02 Å². The average molecular weight is 465 g/mol. The largest absolute Gasteiger partial charge is 0.496 e. The predicted octanol–water partition coefficient (Wildman–Crippen LogP) is 4.27. The van der Waals surface area contributed by atoms with E-state index in [0.717, 1.165) is 5.56 Å². The Labute approximate surface area is 191 Å². The van der Waals surface area contributed by atoms with Crippen molar-refractivity contribution in [2.45, 2.75) is 19.2 Å². The standard InChI is InChI=1S/C23H26ClFN2O3S/c1-16(28)17-6-7-22(30-2)18(12-17)14-31-15-23(29)27-10-8-26(9-11-27)13-19-20(24)4-3-5-21(19)25/h3-7,12H,8-11,13-15H2,1-2H3. The SMILES string of the molecule is COc1ccc(C(C)=O)cc1CSCC(=O)N1CCN(Cc2c(F)cccc2Cl)CC1. The zero-order chi connectivity index (χ0) is 22.4. The molecular formula is C23H26ClFN2O3S. The minimum Gasteiger partial charge on any atom is -0.496 e. The van der Waals surface area contributed by atoms with Crippen molar-refractivity contribution in [3.05, 3.63) is 63.9 Å². The van der Waals surface area contributed by atoms with Crippen LogP contribution in [-0.4, -0.2) is 60.5 Å². The highest BCUT2D eigenvalue weighted by molar-refractivity contribution is 7.99. The van der Waals surface area contributed by atoms with E-state index in [2.05, 4.69) is 4.90 Å². The highest BCUT2D eigenvalue weighted by atomic mass is 35.5. The maximum Gasteiger partial charge on any atom is 0.232 e. The zero-order valence-corrected chi connectivity index (χ0v) is 19.3. The summed E-state index contributed by atoms with van der Waals surface area (Å²) in [4.78, 5) is 28.2. The van der Waals surface area contributed by atoms with Crippen molar-refractivity contribution in [1.82, 2.24) is 9.80 Å². The van der Waals surface area contributed by atoms with E-state index in [4.69, 9.17) is 16.3 Å². The summed E-state index contributed by atoms with van der Waals surface area (Å²) in [6.07, 6.45) is 0. The summed E-state index contributed by atoms with van der Waals surface area (Å²) in [5.41, 5.74) is 2.04. The van der Waals surface area contributed by atoms with Crippen LogP contribution in [0.15, 0.2) is 36.4 Å². The molecule has 0 saturated carbocycles. The molecule has 1 fully saturated rings. The van der Waals surface area contributed by atoms with Crippen LogP contribution in [-0.2, 0) is 17.1 Å². The number of ketones is 1. The fourth-order valence-electron chi connectivity index (χ4n) is 3.51. The number of hydrogen-bond acceptors (Lipinski definition) is 5. The number of hydrogen-bond donors (Lipinski definition) is 0. The van der Waals surface area contributed by atoms with Gasteiger partial charge in [-0.2, -0.15) is 0 Å². The van der Waals surface area contributed by atoms with Crippen LogP contribution in [0, 0.1) is 5.82 Å². The zero-order valence-electron chi connectivity index (χ0n) is 17.7. The number of thioether (sulfide) groups is 1. The van der Waals surface area contributed by atoms with Crippen LogP contribution >= 0.6 is 23.4 Å². The Morgan fingerprint density at radius 1 is 1.16 bits per heavy atom. The molecule has 0 spiro atoms. The molecule has 0 atom stereocenters. The Morgan fingerprint density at radius 2 is 1.90 bits per heavy atom. The maximum absolute atomic E-state index is 14.0. The van der Waals surface area contributed by atoms with E-state index in [1.54, 1.807) is 31.4 Å². The normalized spacial score (nSPS) is 14.5. The van der Waals surface area contributed by atoms with Crippen molar-refractivity contribution in [2.24, 2.45) is 0 Å². The minimum atomic E-state index is -0.299. The van der Waals surface area contributed by atoms with Crippen molar-refractivity contribution in [3.8, 4) is 5.75 Å². The summed E-state index contributed by atoms with van der Waals surface area (Å²) >= 11 is 7.62. The second-order valence-electron chi connectivity index (χ2n) is 7.43. The topological polar surface area (TPSA) is 49.9 Å². The van der Waals surface area contributed by atoms with Gasteiger partial charge in [0.25, 0.3) is 0 Å². The monoisotopic (exact) mass is 464 g/mol. The lowest BCUT2D eigenvalue weighted by molar-refractivity contribution is -0.130. The van der Waals surface area contributed by atoms with Gasteiger partial charge < -0.3 is 9.64 Å². The molecule has 1 aliphatic rings. The third kappa shape index (κ3) is 6.21. The van der Waals surface area contributed by atoms with E-state index in [1.165, 1.54) is 24.8 Å². The van der Waals surface area contributed by atoms with Gasteiger partial charge in [-0.25, -0.2) is 4.39 Å². The van der Waals surface area contributed by atoms with Gasteiger partial charge in [0, 0.05) is 60.2 Å². The van der Waals surface area contributed by atoms with E-state index in [-0.39, 0.29) is 17.5 Å². The number of nitrogens with zero attached hydrogens (tertiary/aromatic N) is 2. The van der Waals surface area contributed by atoms with Crippen molar-refractivity contribution in [1.29, 1.82) is 0 Å². The molecular weight excluding hydrogens is 439 g/mol. The molecule has 1 heterocycles. The summed E-state index contributed by atoms with van der Waals surface area (Å²) in [5, 5.41) is 0.430. The first kappa shape index (κ1) is 23.6.